The molecule has 9 aromatic carbocycles. The van der Waals surface area contributed by atoms with Crippen molar-refractivity contribution in [3.63, 3.8) is 0 Å². The summed E-state index contributed by atoms with van der Waals surface area (Å²) in [5, 5.41) is -4.25. The van der Waals surface area contributed by atoms with E-state index in [2.05, 4.69) is 0 Å². The molecule has 4 aliphatic heterocycles. The molecule has 4 atom stereocenters. The third-order valence-corrected chi connectivity index (χ3v) is 20.1. The van der Waals surface area contributed by atoms with Crippen LogP contribution in [0.2, 0.25) is 0 Å². The lowest BCUT2D eigenvalue weighted by Gasteiger charge is -2.44. The van der Waals surface area contributed by atoms with Gasteiger partial charge in [0.15, 0.2) is 0 Å². The number of halogens is 12. The normalized spacial score (nSPS) is 16.5. The highest BCUT2D eigenvalue weighted by Crippen LogP contribution is 2.59. The highest BCUT2D eigenvalue weighted by Gasteiger charge is 2.53. The Morgan fingerprint density at radius 3 is 1.04 bits per heavy atom. The van der Waals surface area contributed by atoms with E-state index < -0.39 is 242 Å². The maximum absolute atomic E-state index is 16.7. The van der Waals surface area contributed by atoms with Crippen molar-refractivity contribution < 1.29 is 129 Å². The number of ether oxygens (including phenoxy) is 8. The van der Waals surface area contributed by atoms with Crippen molar-refractivity contribution in [3.05, 3.63) is 166 Å². The van der Waals surface area contributed by atoms with Gasteiger partial charge in [0.25, 0.3) is 23.6 Å². The number of alkyl halides is 12. The molecule has 6 amide bonds. The molecule has 0 spiro atoms. The molecule has 4 aliphatic rings. The molecule has 32 heteroatoms. The second-order valence-electron chi connectivity index (χ2n) is 31.2. The van der Waals surface area contributed by atoms with Crippen LogP contribution >= 0.6 is 0 Å². The van der Waals surface area contributed by atoms with Gasteiger partial charge in [-0.15, -0.1) is 0 Å². The van der Waals surface area contributed by atoms with Gasteiger partial charge >= 0.3 is 36.6 Å². The Bertz CT molecular complexity index is 5210. The number of carbonyl (C=O) groups excluding carboxylic acids is 8. The van der Waals surface area contributed by atoms with Gasteiger partial charge in [0.2, 0.25) is 11.8 Å². The fourth-order valence-electron chi connectivity index (χ4n) is 15.2. The van der Waals surface area contributed by atoms with Gasteiger partial charge < -0.3 is 47.7 Å². The number of fused-ring (bicyclic) bond motifs is 2. The number of nitrogens with zero attached hydrogens (tertiary/aromatic N) is 4. The molecule has 4 unspecified atom stereocenters. The zero-order valence-corrected chi connectivity index (χ0v) is 64.4. The Hall–Kier alpha value is -11.3. The van der Waals surface area contributed by atoms with E-state index >= 15 is 81.5 Å². The molecule has 2 saturated heterocycles. The number of amides is 6. The second kappa shape index (κ2) is 32.0. The van der Waals surface area contributed by atoms with Crippen LogP contribution in [0.3, 0.4) is 0 Å². The number of hydrogen-bond donors (Lipinski definition) is 0. The predicted molar refractivity (Wildman–Crippen MR) is 399 cm³/mol. The summed E-state index contributed by atoms with van der Waals surface area (Å²) in [5.74, 6) is -16.2. The first-order chi connectivity index (χ1) is 55.0. The van der Waals surface area contributed by atoms with Crippen LogP contribution in [0.25, 0.3) is 43.1 Å². The van der Waals surface area contributed by atoms with Crippen molar-refractivity contribution in [1.29, 1.82) is 0 Å². The minimum Gasteiger partial charge on any atom is -0.463 e. The summed E-state index contributed by atoms with van der Waals surface area (Å²) in [6, 6.07) is 14.7. The Balaban J connectivity index is 1.18. The standard InChI is InChI=1S/C85H78F12N4O16/c1-42(2)26-60(79(108)98(36-44(5)6)24-22-65(102)112-40-54-38-110-54)100-75(104)56-31-61(114-50-18-10-14-46(27-50)82(86,87)88)69-71-63(116-52-20-12-16-48(29-52)84(92,93)94)33-58-68-59(78(107)101(77(58)106)81(9,35-43(3)4)80(109)99(37-45(7)8)25-23-66(103)113-41-55-39-111-55)34-64(117-53-21-13-17-49(30-53)85(95,96)97)72(74(68)71)70-62(32-57(76(100)105)67(56)73(69)70)115-51-19-11-15-47(28-51)83(89,90)91/h10-21,27-34,42-45,54-55,60H,22-26,35-41H2,1-9H3. The number of benzene rings is 9. The van der Waals surface area contributed by atoms with Gasteiger partial charge in [-0.3, -0.25) is 48.2 Å². The molecule has 117 heavy (non-hydrogen) atoms. The summed E-state index contributed by atoms with van der Waals surface area (Å²) >= 11 is 0. The van der Waals surface area contributed by atoms with Gasteiger partial charge in [0.1, 0.15) is 83.0 Å². The first-order valence-electron chi connectivity index (χ1n) is 37.6. The fraction of sp³-hybridized carbons (Fsp3) is 0.388. The molecule has 9 aromatic rings. The van der Waals surface area contributed by atoms with E-state index in [1.54, 1.807) is 55.4 Å². The van der Waals surface area contributed by atoms with E-state index in [0.717, 1.165) is 72.8 Å². The van der Waals surface area contributed by atoms with Gasteiger partial charge in [-0.2, -0.15) is 52.7 Å². The van der Waals surface area contributed by atoms with Crippen LogP contribution in [0.15, 0.2) is 121 Å². The molecule has 0 aromatic heterocycles. The molecule has 618 valence electrons. The third kappa shape index (κ3) is 17.4. The molecule has 0 aliphatic carbocycles. The van der Waals surface area contributed by atoms with E-state index in [-0.39, 0.29) is 76.3 Å². The predicted octanol–water partition coefficient (Wildman–Crippen LogP) is 19.0. The summed E-state index contributed by atoms with van der Waals surface area (Å²) in [4.78, 5) is 128. The molecular weight excluding hydrogens is 1560 g/mol. The van der Waals surface area contributed by atoms with E-state index in [1.807, 2.05) is 0 Å². The first-order valence-corrected chi connectivity index (χ1v) is 37.6. The number of esters is 2. The monoisotopic (exact) mass is 1640 g/mol. The summed E-state index contributed by atoms with van der Waals surface area (Å²) in [5.41, 5.74) is -10.2. The van der Waals surface area contributed by atoms with Crippen LogP contribution in [0.5, 0.6) is 46.0 Å². The Morgan fingerprint density at radius 2 is 0.744 bits per heavy atom. The fourth-order valence-corrected chi connectivity index (χ4v) is 15.2. The zero-order chi connectivity index (χ0) is 84.6. The largest absolute Gasteiger partial charge is 0.463 e. The van der Waals surface area contributed by atoms with Gasteiger partial charge in [-0.1, -0.05) is 79.7 Å². The lowest BCUT2D eigenvalue weighted by atomic mass is 9.79. The van der Waals surface area contributed by atoms with Crippen molar-refractivity contribution >= 4 is 90.5 Å². The molecule has 20 nitrogen and oxygen atoms in total. The summed E-state index contributed by atoms with van der Waals surface area (Å²) < 4.78 is 229. The number of carbonyl (C=O) groups is 8. The molecule has 13 rings (SSSR count). The van der Waals surface area contributed by atoms with Gasteiger partial charge in [-0.05, 0) is 140 Å². The minimum atomic E-state index is -5.12. The average molecular weight is 1640 g/mol. The minimum absolute atomic E-state index is 0.0894. The summed E-state index contributed by atoms with van der Waals surface area (Å²) in [7, 11) is 0. The lowest BCUT2D eigenvalue weighted by molar-refractivity contribution is -0.148. The average Bonchev–Trinajstić information content (AvgIpc) is 1.64. The van der Waals surface area contributed by atoms with Crippen LogP contribution in [0, 0.1) is 23.7 Å². The molecule has 0 radical (unpaired) electrons. The zero-order valence-electron chi connectivity index (χ0n) is 64.4. The second-order valence-corrected chi connectivity index (χ2v) is 31.2. The molecule has 0 saturated carbocycles. The molecule has 0 N–H and O–H groups in total. The third-order valence-electron chi connectivity index (χ3n) is 20.1. The maximum atomic E-state index is 16.7. The van der Waals surface area contributed by atoms with E-state index in [0.29, 0.717) is 71.5 Å². The van der Waals surface area contributed by atoms with E-state index in [4.69, 9.17) is 37.9 Å². The van der Waals surface area contributed by atoms with Crippen molar-refractivity contribution in [1.82, 2.24) is 19.6 Å². The maximum Gasteiger partial charge on any atom is 0.416 e. The number of hydrogen-bond acceptors (Lipinski definition) is 16. The van der Waals surface area contributed by atoms with Gasteiger partial charge in [0.05, 0.1) is 70.6 Å². The number of rotatable bonds is 30. The molecule has 4 heterocycles. The number of imide groups is 2. The SMILES string of the molecule is CC(C)CC(C(=O)N(CCC(=O)OCC1CO1)CC(C)C)N1C(=O)c2cc(Oc3cccc(C(F)(F)F)c3)c3c4c(Oc5cccc(C(F)(F)F)c5)cc5c6c(cc(Oc7cccc(C(F)(F)F)c7)c(c7c(Oc8cccc(C(F)(F)F)c8)cc(c2c37)C1=O)c64)C(=O)N(C(C)(CC(C)C)C(=O)N(CCC(=O)OCC1CO1)CC(C)C)C5=O. The van der Waals surface area contributed by atoms with Crippen molar-refractivity contribution in [2.24, 2.45) is 23.7 Å². The van der Waals surface area contributed by atoms with Crippen molar-refractivity contribution in [2.45, 2.75) is 136 Å². The van der Waals surface area contributed by atoms with E-state index in [1.165, 1.54) is 16.7 Å². The summed E-state index contributed by atoms with van der Waals surface area (Å²) in [6.07, 6.45) is -22.6. The Morgan fingerprint density at radius 1 is 0.427 bits per heavy atom. The molecule has 0 bridgehead atoms. The van der Waals surface area contributed by atoms with Crippen LogP contribution in [0.1, 0.15) is 152 Å². The summed E-state index contributed by atoms with van der Waals surface area (Å²) in [6.45, 7) is 14.5. The van der Waals surface area contributed by atoms with Crippen molar-refractivity contribution in [2.75, 3.05) is 52.6 Å². The van der Waals surface area contributed by atoms with Crippen LogP contribution in [0.4, 0.5) is 52.7 Å². The lowest BCUT2D eigenvalue weighted by Crippen LogP contribution is -2.63. The topological polar surface area (TPSA) is 230 Å². The molecule has 2 fully saturated rings. The Labute approximate surface area is 661 Å². The quantitative estimate of drug-likeness (QED) is 0.0102. The van der Waals surface area contributed by atoms with Crippen LogP contribution < -0.4 is 18.9 Å². The van der Waals surface area contributed by atoms with E-state index in [9.17, 15) is 9.59 Å². The van der Waals surface area contributed by atoms with Gasteiger partial charge in [0, 0.05) is 69.3 Å². The van der Waals surface area contributed by atoms with Crippen LogP contribution in [-0.2, 0) is 62.8 Å². The van der Waals surface area contributed by atoms with Crippen LogP contribution in [-0.4, -0.2) is 143 Å². The highest BCUT2D eigenvalue weighted by molar-refractivity contribution is 6.45. The number of epoxide rings is 2. The smallest absolute Gasteiger partial charge is 0.416 e. The van der Waals surface area contributed by atoms with Crippen molar-refractivity contribution in [3.8, 4) is 46.0 Å². The molecular formula is C85H78F12N4O16. The highest BCUT2D eigenvalue weighted by atomic mass is 19.4. The van der Waals surface area contributed by atoms with Gasteiger partial charge in [-0.25, -0.2) is 0 Å². The first kappa shape index (κ1) is 83.7. The Kier molecular flexibility index (Phi) is 22.9.